The Morgan fingerprint density at radius 2 is 1.69 bits per heavy atom. The van der Waals surface area contributed by atoms with Gasteiger partial charge < -0.3 is 9.64 Å². The summed E-state index contributed by atoms with van der Waals surface area (Å²) in [6.45, 7) is 3.89. The Bertz CT molecular complexity index is 1050. The van der Waals surface area contributed by atoms with Gasteiger partial charge >= 0.3 is 0 Å². The van der Waals surface area contributed by atoms with Gasteiger partial charge in [-0.3, -0.25) is 0 Å². The maximum atomic E-state index is 10.6. The summed E-state index contributed by atoms with van der Waals surface area (Å²) in [4.78, 5) is 2.57. The van der Waals surface area contributed by atoms with Crippen LogP contribution < -0.4 is 4.74 Å². The second-order valence-corrected chi connectivity index (χ2v) is 9.08. The van der Waals surface area contributed by atoms with Crippen LogP contribution in [-0.2, 0) is 18.3 Å². The molecule has 1 atom stereocenters. The first-order valence-electron chi connectivity index (χ1n) is 11.8. The summed E-state index contributed by atoms with van der Waals surface area (Å²) >= 11 is 0. The normalized spacial score (nSPS) is 18.5. The maximum Gasteiger partial charge on any atom is 0.122 e. The van der Waals surface area contributed by atoms with Crippen molar-refractivity contribution in [2.24, 2.45) is 5.92 Å². The molecule has 3 heteroatoms. The topological polar surface area (TPSA) is 36.3 Å². The molecule has 2 aliphatic heterocycles. The molecule has 3 aromatic rings. The molecule has 5 rings (SSSR count). The quantitative estimate of drug-likeness (QED) is 0.535. The van der Waals surface area contributed by atoms with Crippen molar-refractivity contribution in [1.29, 1.82) is 5.26 Å². The zero-order valence-electron chi connectivity index (χ0n) is 18.5. The molecule has 1 fully saturated rings. The predicted octanol–water partition coefficient (Wildman–Crippen LogP) is 5.39. The summed E-state index contributed by atoms with van der Waals surface area (Å²) in [7, 11) is 0. The number of rotatable bonds is 6. The van der Waals surface area contributed by atoms with Gasteiger partial charge in [0, 0.05) is 19.5 Å². The number of nitrogens with zero attached hydrogens (tertiary/aromatic N) is 2. The fraction of sp³-hybridized carbons (Fsp3) is 0.345. The average Bonchev–Trinajstić information content (AvgIpc) is 3.33. The molecule has 2 heterocycles. The molecule has 0 aliphatic carbocycles. The van der Waals surface area contributed by atoms with Gasteiger partial charge in [-0.25, -0.2) is 0 Å². The highest BCUT2D eigenvalue weighted by Gasteiger charge is 2.44. The van der Waals surface area contributed by atoms with Crippen LogP contribution in [0.15, 0.2) is 78.9 Å². The fourth-order valence-electron chi connectivity index (χ4n) is 5.56. The Morgan fingerprint density at radius 3 is 2.38 bits per heavy atom. The fourth-order valence-corrected chi connectivity index (χ4v) is 5.56. The first-order valence-corrected chi connectivity index (χ1v) is 11.8. The molecule has 162 valence electrons. The molecule has 1 unspecified atom stereocenters. The van der Waals surface area contributed by atoms with Crippen molar-refractivity contribution in [3.05, 3.63) is 101 Å². The lowest BCUT2D eigenvalue weighted by Gasteiger charge is -2.42. The van der Waals surface area contributed by atoms with Crippen LogP contribution >= 0.6 is 0 Å². The molecule has 0 radical (unpaired) electrons. The van der Waals surface area contributed by atoms with Crippen LogP contribution in [0.3, 0.4) is 0 Å². The molecule has 0 saturated carbocycles. The lowest BCUT2D eigenvalue weighted by molar-refractivity contribution is 0.148. The van der Waals surface area contributed by atoms with Crippen molar-refractivity contribution in [1.82, 2.24) is 4.90 Å². The van der Waals surface area contributed by atoms with E-state index >= 15 is 0 Å². The summed E-state index contributed by atoms with van der Waals surface area (Å²) in [6, 6.07) is 30.3. The van der Waals surface area contributed by atoms with Crippen LogP contribution in [-0.4, -0.2) is 31.1 Å². The molecule has 1 saturated heterocycles. The van der Waals surface area contributed by atoms with Crippen molar-refractivity contribution in [2.75, 3.05) is 26.2 Å². The van der Waals surface area contributed by atoms with E-state index in [1.807, 2.05) is 12.1 Å². The summed E-state index contributed by atoms with van der Waals surface area (Å²) < 4.78 is 5.65. The number of ether oxygens (including phenoxy) is 1. The highest BCUT2D eigenvalue weighted by molar-refractivity contribution is 5.47. The first-order chi connectivity index (χ1) is 15.8. The van der Waals surface area contributed by atoms with Gasteiger partial charge in [0.1, 0.15) is 11.2 Å². The number of fused-ring (bicyclic) bond motifs is 1. The van der Waals surface area contributed by atoms with E-state index in [4.69, 9.17) is 4.74 Å². The molecule has 0 aromatic heterocycles. The minimum absolute atomic E-state index is 0.263. The van der Waals surface area contributed by atoms with Crippen LogP contribution in [0.4, 0.5) is 0 Å². The van der Waals surface area contributed by atoms with E-state index in [1.165, 1.54) is 11.1 Å². The van der Waals surface area contributed by atoms with E-state index in [1.54, 1.807) is 0 Å². The van der Waals surface area contributed by atoms with Crippen LogP contribution in [0.25, 0.3) is 0 Å². The number of nitriles is 1. The van der Waals surface area contributed by atoms with Gasteiger partial charge in [0.05, 0.1) is 12.7 Å². The number of hydrogen-bond acceptors (Lipinski definition) is 3. The Kier molecular flexibility index (Phi) is 5.97. The molecule has 2 aliphatic rings. The summed E-state index contributed by atoms with van der Waals surface area (Å²) in [5.74, 6) is 1.32. The molecule has 0 spiro atoms. The predicted molar refractivity (Wildman–Crippen MR) is 128 cm³/mol. The highest BCUT2D eigenvalue weighted by atomic mass is 16.5. The monoisotopic (exact) mass is 422 g/mol. The first kappa shape index (κ1) is 20.8. The Morgan fingerprint density at radius 1 is 0.969 bits per heavy atom. The van der Waals surface area contributed by atoms with E-state index in [0.29, 0.717) is 0 Å². The standard InChI is InChI=1S/C29H30N2O/c30-22-29(25-8-3-1-4-9-25,26-10-5-2-6-11-26)27-12-7-17-31(21-27)18-15-23-13-14-28-24(20-23)16-19-32-28/h1-6,8-11,13-14,20,27H,7,12,15-19,21H2. The minimum atomic E-state index is -0.619. The largest absolute Gasteiger partial charge is 0.493 e. The SMILES string of the molecule is N#CC(c1ccccc1)(c1ccccc1)C1CCCN(CCc2ccc3c(c2)CCO3)C1. The second-order valence-electron chi connectivity index (χ2n) is 9.08. The van der Waals surface area contributed by atoms with Crippen LogP contribution in [0.5, 0.6) is 5.75 Å². The minimum Gasteiger partial charge on any atom is -0.493 e. The van der Waals surface area contributed by atoms with Gasteiger partial charge in [0.2, 0.25) is 0 Å². The number of likely N-dealkylation sites (tertiary alicyclic amines) is 1. The third-order valence-electron chi connectivity index (χ3n) is 7.22. The lowest BCUT2D eigenvalue weighted by Crippen LogP contribution is -2.46. The molecular formula is C29H30N2O. The maximum absolute atomic E-state index is 10.6. The van der Waals surface area contributed by atoms with Crippen molar-refractivity contribution >= 4 is 0 Å². The molecule has 0 bridgehead atoms. The van der Waals surface area contributed by atoms with E-state index in [0.717, 1.165) is 68.8 Å². The second kappa shape index (κ2) is 9.18. The van der Waals surface area contributed by atoms with Crippen molar-refractivity contribution < 1.29 is 4.74 Å². The van der Waals surface area contributed by atoms with E-state index < -0.39 is 5.41 Å². The smallest absolute Gasteiger partial charge is 0.122 e. The molecule has 32 heavy (non-hydrogen) atoms. The zero-order valence-corrected chi connectivity index (χ0v) is 18.5. The van der Waals surface area contributed by atoms with Gasteiger partial charge in [0.15, 0.2) is 0 Å². The van der Waals surface area contributed by atoms with Gasteiger partial charge in [0.25, 0.3) is 0 Å². The lowest BCUT2D eigenvalue weighted by atomic mass is 9.64. The van der Waals surface area contributed by atoms with E-state index in [-0.39, 0.29) is 5.92 Å². The molecule has 3 aromatic carbocycles. The molecular weight excluding hydrogens is 392 g/mol. The molecule has 3 nitrogen and oxygen atoms in total. The van der Waals surface area contributed by atoms with Gasteiger partial charge in [-0.1, -0.05) is 72.8 Å². The summed E-state index contributed by atoms with van der Waals surface area (Å²) in [5, 5.41) is 10.6. The van der Waals surface area contributed by atoms with Crippen LogP contribution in [0, 0.1) is 17.2 Å². The van der Waals surface area contributed by atoms with Gasteiger partial charge in [-0.05, 0) is 60.0 Å². The summed E-state index contributed by atoms with van der Waals surface area (Å²) in [6.07, 6.45) is 4.26. The Labute approximate surface area is 191 Å². The van der Waals surface area contributed by atoms with Gasteiger partial charge in [-0.15, -0.1) is 0 Å². The zero-order chi connectivity index (χ0) is 21.8. The highest BCUT2D eigenvalue weighted by Crippen LogP contribution is 2.43. The summed E-state index contributed by atoms with van der Waals surface area (Å²) in [5.41, 5.74) is 4.33. The third kappa shape index (κ3) is 3.92. The van der Waals surface area contributed by atoms with Crippen LogP contribution in [0.2, 0.25) is 0 Å². The number of hydrogen-bond donors (Lipinski definition) is 0. The van der Waals surface area contributed by atoms with Crippen molar-refractivity contribution in [3.63, 3.8) is 0 Å². The Hall–Kier alpha value is -3.09. The molecule has 0 amide bonds. The molecule has 0 N–H and O–H groups in total. The van der Waals surface area contributed by atoms with Crippen LogP contribution in [0.1, 0.15) is 35.1 Å². The van der Waals surface area contributed by atoms with E-state index in [9.17, 15) is 5.26 Å². The number of piperidine rings is 1. The van der Waals surface area contributed by atoms with E-state index in [2.05, 4.69) is 77.7 Å². The Balaban J connectivity index is 1.38. The number of benzene rings is 3. The van der Waals surface area contributed by atoms with Crippen molar-refractivity contribution in [2.45, 2.75) is 31.1 Å². The average molecular weight is 423 g/mol. The van der Waals surface area contributed by atoms with Gasteiger partial charge in [-0.2, -0.15) is 5.26 Å². The third-order valence-corrected chi connectivity index (χ3v) is 7.22. The van der Waals surface area contributed by atoms with Crippen molar-refractivity contribution in [3.8, 4) is 11.8 Å².